The molecule has 0 aliphatic heterocycles. The quantitative estimate of drug-likeness (QED) is 0.586. The molecule has 0 radical (unpaired) electrons. The Bertz CT molecular complexity index is 389. The van der Waals surface area contributed by atoms with Gasteiger partial charge in [-0.15, -0.1) is 11.8 Å². The normalized spacial score (nSPS) is 12.1. The van der Waals surface area contributed by atoms with Crippen LogP contribution in [-0.2, 0) is 4.79 Å². The Kier molecular flexibility index (Phi) is 4.52. The molecule has 1 rings (SSSR count). The Hall–Kier alpha value is -1.33. The van der Waals surface area contributed by atoms with Crippen LogP contribution in [0.4, 0.5) is 0 Å². The maximum atomic E-state index is 11.7. The van der Waals surface area contributed by atoms with Gasteiger partial charge < -0.3 is 11.5 Å². The molecule has 1 atom stereocenters. The van der Waals surface area contributed by atoms with Crippen LogP contribution >= 0.6 is 11.8 Å². The lowest BCUT2D eigenvalue weighted by atomic mass is 10.0. The molecule has 0 saturated carbocycles. The van der Waals surface area contributed by atoms with Crippen LogP contribution in [0.1, 0.15) is 16.8 Å². The predicted octanol–water partition coefficient (Wildman–Crippen LogP) is 0.794. The lowest BCUT2D eigenvalue weighted by molar-refractivity contribution is -0.119. The Labute approximate surface area is 98.4 Å². The standard InChI is InChI=1S/C11H14N2O2S/c1-16-8-4-2-7(3-5-8)10(14)6-9(12)11(13)15/h2-5,9H,6,12H2,1H3,(H2,13,15). The van der Waals surface area contributed by atoms with Crippen molar-refractivity contribution in [2.45, 2.75) is 17.4 Å². The van der Waals surface area contributed by atoms with Crippen molar-refractivity contribution in [3.63, 3.8) is 0 Å². The number of hydrogen-bond acceptors (Lipinski definition) is 4. The van der Waals surface area contributed by atoms with E-state index in [4.69, 9.17) is 11.5 Å². The molecule has 0 heterocycles. The van der Waals surface area contributed by atoms with E-state index in [1.54, 1.807) is 23.9 Å². The van der Waals surface area contributed by atoms with E-state index < -0.39 is 11.9 Å². The third kappa shape index (κ3) is 3.36. The summed E-state index contributed by atoms with van der Waals surface area (Å²) in [4.78, 5) is 23.5. The number of thioether (sulfide) groups is 1. The molecular formula is C11H14N2O2S. The fourth-order valence-corrected chi connectivity index (χ4v) is 1.60. The van der Waals surface area contributed by atoms with Gasteiger partial charge in [0.1, 0.15) is 0 Å². The molecule has 0 saturated heterocycles. The number of Topliss-reactive ketones (excluding diaryl/α,β-unsaturated/α-hetero) is 1. The molecule has 5 heteroatoms. The summed E-state index contributed by atoms with van der Waals surface area (Å²) in [5.41, 5.74) is 11.0. The molecule has 0 spiro atoms. The fourth-order valence-electron chi connectivity index (χ4n) is 1.20. The van der Waals surface area contributed by atoms with Crippen LogP contribution < -0.4 is 11.5 Å². The highest BCUT2D eigenvalue weighted by atomic mass is 32.2. The fraction of sp³-hybridized carbons (Fsp3) is 0.273. The van der Waals surface area contributed by atoms with Crippen molar-refractivity contribution >= 4 is 23.5 Å². The van der Waals surface area contributed by atoms with Gasteiger partial charge in [-0.05, 0) is 18.4 Å². The second kappa shape index (κ2) is 5.67. The zero-order chi connectivity index (χ0) is 12.1. The summed E-state index contributed by atoms with van der Waals surface area (Å²) in [6.45, 7) is 0. The number of hydrogen-bond donors (Lipinski definition) is 2. The number of carbonyl (C=O) groups excluding carboxylic acids is 2. The molecule has 86 valence electrons. The van der Waals surface area contributed by atoms with E-state index in [2.05, 4.69) is 0 Å². The number of ketones is 1. The summed E-state index contributed by atoms with van der Waals surface area (Å²) < 4.78 is 0. The lowest BCUT2D eigenvalue weighted by Gasteiger charge is -2.06. The molecule has 0 fully saturated rings. The van der Waals surface area contributed by atoms with Crippen LogP contribution in [0.5, 0.6) is 0 Å². The maximum Gasteiger partial charge on any atom is 0.234 e. The Morgan fingerprint density at radius 3 is 2.31 bits per heavy atom. The highest BCUT2D eigenvalue weighted by Gasteiger charge is 2.15. The van der Waals surface area contributed by atoms with Gasteiger partial charge in [0.25, 0.3) is 0 Å². The minimum atomic E-state index is -0.910. The summed E-state index contributed by atoms with van der Waals surface area (Å²) >= 11 is 1.60. The van der Waals surface area contributed by atoms with Crippen LogP contribution in [0, 0.1) is 0 Å². The van der Waals surface area contributed by atoms with Crippen molar-refractivity contribution in [2.24, 2.45) is 11.5 Å². The third-order valence-electron chi connectivity index (χ3n) is 2.18. The number of benzene rings is 1. The van der Waals surface area contributed by atoms with E-state index in [0.717, 1.165) is 4.90 Å². The van der Waals surface area contributed by atoms with Crippen molar-refractivity contribution in [3.8, 4) is 0 Å². The first-order chi connectivity index (χ1) is 7.54. The van der Waals surface area contributed by atoms with Gasteiger partial charge in [-0.3, -0.25) is 9.59 Å². The van der Waals surface area contributed by atoms with Gasteiger partial charge in [0.05, 0.1) is 6.04 Å². The molecule has 4 nitrogen and oxygen atoms in total. The van der Waals surface area contributed by atoms with Gasteiger partial charge in [0.15, 0.2) is 5.78 Å². The van der Waals surface area contributed by atoms with E-state index in [-0.39, 0.29) is 12.2 Å². The second-order valence-electron chi connectivity index (χ2n) is 3.36. The summed E-state index contributed by atoms with van der Waals surface area (Å²) in [5.74, 6) is -0.826. The van der Waals surface area contributed by atoms with E-state index in [1.165, 1.54) is 0 Å². The van der Waals surface area contributed by atoms with E-state index in [0.29, 0.717) is 5.56 Å². The van der Waals surface area contributed by atoms with E-state index in [9.17, 15) is 9.59 Å². The van der Waals surface area contributed by atoms with Gasteiger partial charge in [-0.1, -0.05) is 12.1 Å². The minimum Gasteiger partial charge on any atom is -0.368 e. The molecule has 4 N–H and O–H groups in total. The first kappa shape index (κ1) is 12.7. The zero-order valence-electron chi connectivity index (χ0n) is 8.97. The van der Waals surface area contributed by atoms with Crippen molar-refractivity contribution < 1.29 is 9.59 Å². The average molecular weight is 238 g/mol. The van der Waals surface area contributed by atoms with E-state index in [1.807, 2.05) is 18.4 Å². The molecule has 1 unspecified atom stereocenters. The predicted molar refractivity (Wildman–Crippen MR) is 64.3 cm³/mol. The number of nitrogens with two attached hydrogens (primary N) is 2. The van der Waals surface area contributed by atoms with Crippen LogP contribution in [0.25, 0.3) is 0 Å². The molecule has 1 aromatic rings. The summed E-state index contributed by atoms with van der Waals surface area (Å²) in [6, 6.07) is 6.25. The summed E-state index contributed by atoms with van der Waals surface area (Å²) in [5, 5.41) is 0. The molecule has 0 aromatic heterocycles. The van der Waals surface area contributed by atoms with Crippen molar-refractivity contribution in [3.05, 3.63) is 29.8 Å². The number of amides is 1. The molecule has 1 aromatic carbocycles. The Morgan fingerprint density at radius 1 is 1.31 bits per heavy atom. The van der Waals surface area contributed by atoms with Gasteiger partial charge >= 0.3 is 0 Å². The molecule has 0 bridgehead atoms. The van der Waals surface area contributed by atoms with Gasteiger partial charge in [-0.2, -0.15) is 0 Å². The molecule has 0 aliphatic carbocycles. The largest absolute Gasteiger partial charge is 0.368 e. The highest BCUT2D eigenvalue weighted by Crippen LogP contribution is 2.15. The first-order valence-electron chi connectivity index (χ1n) is 4.76. The minimum absolute atomic E-state index is 0.0477. The topological polar surface area (TPSA) is 86.2 Å². The summed E-state index contributed by atoms with van der Waals surface area (Å²) in [6.07, 6.45) is 1.91. The molecule has 1 amide bonds. The average Bonchev–Trinajstić information content (AvgIpc) is 2.28. The summed E-state index contributed by atoms with van der Waals surface area (Å²) in [7, 11) is 0. The smallest absolute Gasteiger partial charge is 0.234 e. The third-order valence-corrected chi connectivity index (χ3v) is 2.93. The lowest BCUT2D eigenvalue weighted by Crippen LogP contribution is -2.38. The van der Waals surface area contributed by atoms with Crippen molar-refractivity contribution in [2.75, 3.05) is 6.26 Å². The van der Waals surface area contributed by atoms with Crippen LogP contribution in [0.15, 0.2) is 29.2 Å². The Balaban J connectivity index is 2.69. The van der Waals surface area contributed by atoms with Gasteiger partial charge in [-0.25, -0.2) is 0 Å². The monoisotopic (exact) mass is 238 g/mol. The number of primary amides is 1. The SMILES string of the molecule is CSc1ccc(C(=O)CC(N)C(N)=O)cc1. The highest BCUT2D eigenvalue weighted by molar-refractivity contribution is 7.98. The van der Waals surface area contributed by atoms with E-state index >= 15 is 0 Å². The first-order valence-corrected chi connectivity index (χ1v) is 5.99. The second-order valence-corrected chi connectivity index (χ2v) is 4.24. The molecule has 16 heavy (non-hydrogen) atoms. The van der Waals surface area contributed by atoms with Crippen LogP contribution in [0.3, 0.4) is 0 Å². The van der Waals surface area contributed by atoms with Gasteiger partial charge in [0.2, 0.25) is 5.91 Å². The van der Waals surface area contributed by atoms with Crippen molar-refractivity contribution in [1.29, 1.82) is 0 Å². The molecule has 0 aliphatic rings. The maximum absolute atomic E-state index is 11.7. The van der Waals surface area contributed by atoms with Gasteiger partial charge in [0, 0.05) is 16.9 Å². The van der Waals surface area contributed by atoms with Crippen molar-refractivity contribution in [1.82, 2.24) is 0 Å². The number of rotatable bonds is 5. The zero-order valence-corrected chi connectivity index (χ0v) is 9.79. The molecular weight excluding hydrogens is 224 g/mol. The van der Waals surface area contributed by atoms with Crippen LogP contribution in [0.2, 0.25) is 0 Å². The number of carbonyl (C=O) groups is 2. The van der Waals surface area contributed by atoms with Crippen LogP contribution in [-0.4, -0.2) is 24.0 Å². The Morgan fingerprint density at radius 2 is 1.88 bits per heavy atom.